The third-order valence-electron chi connectivity index (χ3n) is 3.39. The summed E-state index contributed by atoms with van der Waals surface area (Å²) in [6, 6.07) is 3.29. The van der Waals surface area contributed by atoms with Gasteiger partial charge in [0.1, 0.15) is 0 Å². The first-order chi connectivity index (χ1) is 9.88. The molecule has 1 aliphatic heterocycles. The van der Waals surface area contributed by atoms with Gasteiger partial charge in [-0.2, -0.15) is 0 Å². The van der Waals surface area contributed by atoms with E-state index in [-0.39, 0.29) is 28.7 Å². The predicted octanol–water partition coefficient (Wildman–Crippen LogP) is 2.33. The fourth-order valence-electron chi connectivity index (χ4n) is 2.49. The Morgan fingerprint density at radius 2 is 2.14 bits per heavy atom. The molecule has 0 spiro atoms. The molecule has 0 saturated carbocycles. The maximum absolute atomic E-state index is 12.4. The molecular formula is C13H13ClN2O5. The van der Waals surface area contributed by atoms with Crippen LogP contribution in [0.1, 0.15) is 29.6 Å². The molecule has 21 heavy (non-hydrogen) atoms. The van der Waals surface area contributed by atoms with Crippen molar-refractivity contribution in [1.82, 2.24) is 4.90 Å². The van der Waals surface area contributed by atoms with Crippen LogP contribution in [0.25, 0.3) is 0 Å². The molecule has 1 amide bonds. The van der Waals surface area contributed by atoms with Crippen molar-refractivity contribution in [3.63, 3.8) is 0 Å². The standard InChI is InChI=1S/C13H13ClN2O5/c14-9-4-8(5-11(6-9)16(20)21)13(19)15-3-1-2-10(15)7-12(17)18/h4-6,10H,1-3,7H2,(H,17,18). The lowest BCUT2D eigenvalue weighted by atomic mass is 10.1. The number of carboxylic acids is 1. The van der Waals surface area contributed by atoms with E-state index < -0.39 is 16.8 Å². The number of hydrogen-bond acceptors (Lipinski definition) is 4. The van der Waals surface area contributed by atoms with Crippen LogP contribution in [0.4, 0.5) is 5.69 Å². The van der Waals surface area contributed by atoms with Crippen LogP contribution in [-0.2, 0) is 4.79 Å². The van der Waals surface area contributed by atoms with Crippen molar-refractivity contribution in [3.8, 4) is 0 Å². The van der Waals surface area contributed by atoms with Crippen LogP contribution in [-0.4, -0.2) is 39.4 Å². The van der Waals surface area contributed by atoms with Gasteiger partial charge in [0.2, 0.25) is 0 Å². The first-order valence-electron chi connectivity index (χ1n) is 6.36. The summed E-state index contributed by atoms with van der Waals surface area (Å²) in [6.45, 7) is 0.442. The minimum Gasteiger partial charge on any atom is -0.481 e. The molecule has 1 atom stereocenters. The monoisotopic (exact) mass is 312 g/mol. The lowest BCUT2D eigenvalue weighted by Crippen LogP contribution is -2.36. The third-order valence-corrected chi connectivity index (χ3v) is 3.61. The Balaban J connectivity index is 2.27. The molecule has 1 fully saturated rings. The van der Waals surface area contributed by atoms with Gasteiger partial charge in [-0.05, 0) is 18.9 Å². The number of amides is 1. The Bertz CT molecular complexity index is 604. The number of non-ortho nitro benzene ring substituents is 1. The zero-order chi connectivity index (χ0) is 15.6. The zero-order valence-electron chi connectivity index (χ0n) is 11.0. The van der Waals surface area contributed by atoms with E-state index in [2.05, 4.69) is 0 Å². The van der Waals surface area contributed by atoms with E-state index in [1.807, 2.05) is 0 Å². The Morgan fingerprint density at radius 1 is 1.43 bits per heavy atom. The van der Waals surface area contributed by atoms with Gasteiger partial charge in [0.15, 0.2) is 0 Å². The highest BCUT2D eigenvalue weighted by Gasteiger charge is 2.31. The van der Waals surface area contributed by atoms with Gasteiger partial charge in [0.25, 0.3) is 11.6 Å². The second kappa shape index (κ2) is 6.09. The number of carbonyl (C=O) groups excluding carboxylic acids is 1. The number of rotatable bonds is 4. The smallest absolute Gasteiger partial charge is 0.305 e. The number of hydrogen-bond donors (Lipinski definition) is 1. The molecule has 0 aliphatic carbocycles. The van der Waals surface area contributed by atoms with Gasteiger partial charge >= 0.3 is 5.97 Å². The number of likely N-dealkylation sites (tertiary alicyclic amines) is 1. The molecule has 8 heteroatoms. The first kappa shape index (κ1) is 15.2. The molecule has 1 aromatic rings. The molecule has 112 valence electrons. The highest BCUT2D eigenvalue weighted by Crippen LogP contribution is 2.26. The molecule has 0 bridgehead atoms. The molecule has 0 aromatic heterocycles. The van der Waals surface area contributed by atoms with Crippen molar-refractivity contribution in [1.29, 1.82) is 0 Å². The molecule has 0 radical (unpaired) electrons. The Kier molecular flexibility index (Phi) is 4.42. The number of nitrogens with zero attached hydrogens (tertiary/aromatic N) is 2. The minimum atomic E-state index is -0.975. The summed E-state index contributed by atoms with van der Waals surface area (Å²) >= 11 is 5.80. The van der Waals surface area contributed by atoms with Crippen LogP contribution in [0, 0.1) is 10.1 Å². The highest BCUT2D eigenvalue weighted by atomic mass is 35.5. The number of carboxylic acid groups (broad SMARTS) is 1. The Hall–Kier alpha value is -2.15. The predicted molar refractivity (Wildman–Crippen MR) is 74.4 cm³/mol. The second-order valence-electron chi connectivity index (χ2n) is 4.85. The summed E-state index contributed by atoms with van der Waals surface area (Å²) in [4.78, 5) is 34.9. The van der Waals surface area contributed by atoms with Crippen LogP contribution in [0.3, 0.4) is 0 Å². The summed E-state index contributed by atoms with van der Waals surface area (Å²) in [7, 11) is 0. The molecule has 1 aliphatic rings. The van der Waals surface area contributed by atoms with Gasteiger partial charge in [-0.25, -0.2) is 0 Å². The SMILES string of the molecule is O=C(O)CC1CCCN1C(=O)c1cc(Cl)cc([N+](=O)[O-])c1. The third kappa shape index (κ3) is 3.49. The number of benzene rings is 1. The molecule has 1 N–H and O–H groups in total. The van der Waals surface area contributed by atoms with E-state index in [1.54, 1.807) is 0 Å². The largest absolute Gasteiger partial charge is 0.481 e. The molecular weight excluding hydrogens is 300 g/mol. The van der Waals surface area contributed by atoms with E-state index in [0.717, 1.165) is 12.1 Å². The number of nitro benzene ring substituents is 1. The second-order valence-corrected chi connectivity index (χ2v) is 5.28. The molecule has 7 nitrogen and oxygen atoms in total. The van der Waals surface area contributed by atoms with Crippen LogP contribution in [0.15, 0.2) is 18.2 Å². The van der Waals surface area contributed by atoms with E-state index in [1.165, 1.54) is 11.0 Å². The zero-order valence-corrected chi connectivity index (χ0v) is 11.7. The average Bonchev–Trinajstić information content (AvgIpc) is 2.84. The number of aliphatic carboxylic acids is 1. The summed E-state index contributed by atoms with van der Waals surface area (Å²) in [5.74, 6) is -1.40. The van der Waals surface area contributed by atoms with Gasteiger partial charge < -0.3 is 10.0 Å². The molecule has 1 saturated heterocycles. The maximum Gasteiger partial charge on any atom is 0.305 e. The average molecular weight is 313 g/mol. The molecule has 2 rings (SSSR count). The number of nitro groups is 1. The van der Waals surface area contributed by atoms with Crippen LogP contribution < -0.4 is 0 Å². The summed E-state index contributed by atoms with van der Waals surface area (Å²) in [6.07, 6.45) is 1.20. The van der Waals surface area contributed by atoms with Gasteiger partial charge in [-0.15, -0.1) is 0 Å². The van der Waals surface area contributed by atoms with Crippen LogP contribution in [0.5, 0.6) is 0 Å². The molecule has 1 aromatic carbocycles. The van der Waals surface area contributed by atoms with E-state index in [4.69, 9.17) is 16.7 Å². The number of halogens is 1. The molecule has 1 unspecified atom stereocenters. The van der Waals surface area contributed by atoms with Crippen molar-refractivity contribution in [2.45, 2.75) is 25.3 Å². The summed E-state index contributed by atoms with van der Waals surface area (Å²) in [5, 5.41) is 19.8. The van der Waals surface area contributed by atoms with Crippen molar-refractivity contribution >= 4 is 29.2 Å². The van der Waals surface area contributed by atoms with E-state index >= 15 is 0 Å². The molecule has 1 heterocycles. The first-order valence-corrected chi connectivity index (χ1v) is 6.74. The number of carbonyl (C=O) groups is 2. The Morgan fingerprint density at radius 3 is 2.76 bits per heavy atom. The van der Waals surface area contributed by atoms with Gasteiger partial charge in [0.05, 0.1) is 11.3 Å². The van der Waals surface area contributed by atoms with Crippen LogP contribution >= 0.6 is 11.6 Å². The normalized spacial score (nSPS) is 17.8. The van der Waals surface area contributed by atoms with Crippen molar-refractivity contribution in [2.24, 2.45) is 0 Å². The lowest BCUT2D eigenvalue weighted by molar-refractivity contribution is -0.384. The van der Waals surface area contributed by atoms with Crippen molar-refractivity contribution in [2.75, 3.05) is 6.54 Å². The van der Waals surface area contributed by atoms with Crippen molar-refractivity contribution < 1.29 is 19.6 Å². The van der Waals surface area contributed by atoms with E-state index in [9.17, 15) is 19.7 Å². The Labute approximate surface area is 125 Å². The van der Waals surface area contributed by atoms with Crippen LogP contribution in [0.2, 0.25) is 5.02 Å². The summed E-state index contributed by atoms with van der Waals surface area (Å²) < 4.78 is 0. The minimum absolute atomic E-state index is 0.0986. The van der Waals surface area contributed by atoms with Gasteiger partial charge in [-0.3, -0.25) is 19.7 Å². The maximum atomic E-state index is 12.4. The quantitative estimate of drug-likeness (QED) is 0.679. The van der Waals surface area contributed by atoms with Crippen molar-refractivity contribution in [3.05, 3.63) is 38.9 Å². The van der Waals surface area contributed by atoms with Gasteiger partial charge in [0, 0.05) is 35.3 Å². The van der Waals surface area contributed by atoms with E-state index in [0.29, 0.717) is 19.4 Å². The lowest BCUT2D eigenvalue weighted by Gasteiger charge is -2.23. The topological polar surface area (TPSA) is 101 Å². The fourth-order valence-corrected chi connectivity index (χ4v) is 2.72. The highest BCUT2D eigenvalue weighted by molar-refractivity contribution is 6.31. The summed E-state index contributed by atoms with van der Waals surface area (Å²) in [5.41, 5.74) is -0.161. The fraction of sp³-hybridized carbons (Fsp3) is 0.385. The van der Waals surface area contributed by atoms with Gasteiger partial charge in [-0.1, -0.05) is 11.6 Å².